The molecule has 0 atom stereocenters. The van der Waals surface area contributed by atoms with Gasteiger partial charge in [-0.3, -0.25) is 19.3 Å². The fraction of sp³-hybridized carbons (Fsp3) is 0.0588. The number of nitrogens with one attached hydrogen (secondary N) is 1. The number of aromatic carboxylic acids is 1. The zero-order chi connectivity index (χ0) is 19.6. The van der Waals surface area contributed by atoms with Gasteiger partial charge in [0.15, 0.2) is 0 Å². The number of aromatic amines is 1. The Morgan fingerprint density at radius 1 is 1.37 bits per heavy atom. The van der Waals surface area contributed by atoms with Crippen molar-refractivity contribution in [2.45, 2.75) is 6.54 Å². The van der Waals surface area contributed by atoms with Crippen molar-refractivity contribution in [1.29, 1.82) is 0 Å². The zero-order valence-electron chi connectivity index (χ0n) is 13.5. The smallest absolute Gasteiger partial charge is 0.331 e. The summed E-state index contributed by atoms with van der Waals surface area (Å²) in [6.45, 7) is -0.106. The molecule has 9 nitrogen and oxygen atoms in total. The highest BCUT2D eigenvalue weighted by molar-refractivity contribution is 6.33. The van der Waals surface area contributed by atoms with E-state index in [2.05, 4.69) is 9.98 Å². The summed E-state index contributed by atoms with van der Waals surface area (Å²) in [6, 6.07) is 7.08. The van der Waals surface area contributed by atoms with Crippen molar-refractivity contribution in [3.8, 4) is 5.88 Å². The van der Waals surface area contributed by atoms with E-state index < -0.39 is 23.1 Å². The van der Waals surface area contributed by atoms with Crippen molar-refractivity contribution in [3.63, 3.8) is 0 Å². The molecule has 138 valence electrons. The number of hydrogen-bond donors (Lipinski definition) is 2. The van der Waals surface area contributed by atoms with E-state index in [9.17, 15) is 24.6 Å². The van der Waals surface area contributed by atoms with E-state index >= 15 is 0 Å². The monoisotopic (exact) mass is 388 g/mol. The second-order valence-corrected chi connectivity index (χ2v) is 5.78. The number of rotatable bonds is 5. The van der Waals surface area contributed by atoms with Crippen molar-refractivity contribution in [2.75, 3.05) is 0 Å². The number of furan rings is 1. The van der Waals surface area contributed by atoms with Crippen LogP contribution in [0.4, 0.5) is 5.69 Å². The number of nitrogens with zero attached hydrogens (tertiary/aromatic N) is 2. The lowest BCUT2D eigenvalue weighted by Gasteiger charge is -2.08. The molecule has 0 amide bonds. The summed E-state index contributed by atoms with van der Waals surface area (Å²) in [4.78, 5) is 41.0. The van der Waals surface area contributed by atoms with Crippen molar-refractivity contribution in [1.82, 2.24) is 9.55 Å². The lowest BCUT2D eigenvalue weighted by atomic mass is 10.2. The molecule has 0 radical (unpaired) electrons. The van der Waals surface area contributed by atoms with Crippen LogP contribution in [-0.4, -0.2) is 26.8 Å². The number of carboxylic acid groups (broad SMARTS) is 1. The molecule has 0 aliphatic rings. The van der Waals surface area contributed by atoms with Crippen LogP contribution in [0.2, 0.25) is 5.02 Å². The molecule has 0 aliphatic heterocycles. The van der Waals surface area contributed by atoms with Gasteiger partial charge >= 0.3 is 5.69 Å². The first-order valence-corrected chi connectivity index (χ1v) is 7.88. The highest BCUT2D eigenvalue weighted by Gasteiger charge is 2.14. The first kappa shape index (κ1) is 18.2. The standard InChI is InChI=1S/C17H12ClN3O6/c18-13-4-3-9(6-11(13)16(24)25)19-7-12-14(22)20-17(26)21(15(12)23)8-10-2-1-5-27-10/h1-7,23H,8H2,(H,24,25)(H,20,22,26)/p-1. The topological polar surface area (TPSA) is 141 Å². The zero-order valence-corrected chi connectivity index (χ0v) is 14.3. The Labute approximate surface area is 155 Å². The number of H-pyrrole nitrogens is 1. The molecule has 27 heavy (non-hydrogen) atoms. The third-order valence-electron chi connectivity index (χ3n) is 3.61. The van der Waals surface area contributed by atoms with Crippen molar-refractivity contribution in [3.05, 3.63) is 79.3 Å². The maximum Gasteiger partial charge on any atom is 0.331 e. The van der Waals surface area contributed by atoms with Crippen LogP contribution in [0.5, 0.6) is 5.88 Å². The van der Waals surface area contributed by atoms with Crippen molar-refractivity contribution in [2.24, 2.45) is 4.99 Å². The first-order chi connectivity index (χ1) is 12.9. The van der Waals surface area contributed by atoms with E-state index in [0.717, 1.165) is 16.8 Å². The van der Waals surface area contributed by atoms with Crippen LogP contribution in [0, 0.1) is 0 Å². The molecule has 0 fully saturated rings. The van der Waals surface area contributed by atoms with Crippen LogP contribution in [0.3, 0.4) is 0 Å². The SMILES string of the molecule is O=C([O-])c1cc(N=Cc2c(O)n(Cc3ccco3)c(=O)[nH]c2=O)ccc1Cl. The number of aromatic hydroxyl groups is 1. The number of aromatic nitrogens is 2. The Balaban J connectivity index is 2.01. The fourth-order valence-corrected chi connectivity index (χ4v) is 2.48. The maximum absolute atomic E-state index is 12.0. The quantitative estimate of drug-likeness (QED) is 0.615. The van der Waals surface area contributed by atoms with Gasteiger partial charge in [0, 0.05) is 16.8 Å². The van der Waals surface area contributed by atoms with E-state index in [0.29, 0.717) is 5.76 Å². The number of benzene rings is 1. The molecule has 0 bridgehead atoms. The van der Waals surface area contributed by atoms with Gasteiger partial charge in [0.1, 0.15) is 11.3 Å². The minimum absolute atomic E-state index is 0.0263. The van der Waals surface area contributed by atoms with Crippen LogP contribution in [0.25, 0.3) is 0 Å². The highest BCUT2D eigenvalue weighted by atomic mass is 35.5. The van der Waals surface area contributed by atoms with E-state index in [1.807, 2.05) is 0 Å². The van der Waals surface area contributed by atoms with Crippen LogP contribution in [0.15, 0.2) is 55.6 Å². The Morgan fingerprint density at radius 2 is 2.15 bits per heavy atom. The summed E-state index contributed by atoms with van der Waals surface area (Å²) in [5, 5.41) is 21.3. The summed E-state index contributed by atoms with van der Waals surface area (Å²) in [7, 11) is 0. The second-order valence-electron chi connectivity index (χ2n) is 5.37. The Kier molecular flexibility index (Phi) is 4.95. The number of halogens is 1. The Bertz CT molecular complexity index is 1140. The van der Waals surface area contributed by atoms with Gasteiger partial charge in [-0.25, -0.2) is 4.79 Å². The van der Waals surface area contributed by atoms with Gasteiger partial charge in [0.25, 0.3) is 5.56 Å². The number of carbonyl (C=O) groups is 1. The van der Waals surface area contributed by atoms with Crippen LogP contribution >= 0.6 is 11.6 Å². The maximum atomic E-state index is 12.0. The minimum atomic E-state index is -1.48. The predicted molar refractivity (Wildman–Crippen MR) is 93.8 cm³/mol. The minimum Gasteiger partial charge on any atom is -0.545 e. The van der Waals surface area contributed by atoms with Crippen LogP contribution in [-0.2, 0) is 6.54 Å². The number of hydrogen-bond acceptors (Lipinski definition) is 7. The molecule has 2 heterocycles. The Morgan fingerprint density at radius 3 is 2.81 bits per heavy atom. The summed E-state index contributed by atoms with van der Waals surface area (Å²) in [5.74, 6) is -1.71. The van der Waals surface area contributed by atoms with Gasteiger partial charge in [-0.15, -0.1) is 0 Å². The van der Waals surface area contributed by atoms with Crippen molar-refractivity contribution < 1.29 is 19.4 Å². The Hall–Kier alpha value is -3.59. The molecule has 0 spiro atoms. The third-order valence-corrected chi connectivity index (χ3v) is 3.94. The van der Waals surface area contributed by atoms with E-state index in [-0.39, 0.29) is 28.4 Å². The summed E-state index contributed by atoms with van der Waals surface area (Å²) in [5.41, 5.74) is -2.08. The lowest BCUT2D eigenvalue weighted by Crippen LogP contribution is -2.32. The normalized spacial score (nSPS) is 11.1. The molecular formula is C17H11ClN3O6-. The van der Waals surface area contributed by atoms with E-state index in [1.54, 1.807) is 12.1 Å². The summed E-state index contributed by atoms with van der Waals surface area (Å²) in [6.07, 6.45) is 2.41. The average Bonchev–Trinajstić information content (AvgIpc) is 3.12. The second kappa shape index (κ2) is 7.34. The molecule has 0 saturated carbocycles. The predicted octanol–water partition coefficient (Wildman–Crippen LogP) is 0.651. The molecule has 10 heteroatoms. The van der Waals surface area contributed by atoms with Gasteiger partial charge in [0.2, 0.25) is 5.88 Å². The van der Waals surface area contributed by atoms with E-state index in [4.69, 9.17) is 16.0 Å². The molecule has 2 N–H and O–H groups in total. The van der Waals surface area contributed by atoms with Crippen LogP contribution in [0.1, 0.15) is 21.7 Å². The van der Waals surface area contributed by atoms with Gasteiger partial charge in [-0.2, -0.15) is 0 Å². The lowest BCUT2D eigenvalue weighted by molar-refractivity contribution is -0.255. The summed E-state index contributed by atoms with van der Waals surface area (Å²) < 4.78 is 6.02. The molecular weight excluding hydrogens is 378 g/mol. The number of carboxylic acids is 1. The fourth-order valence-electron chi connectivity index (χ4n) is 2.29. The van der Waals surface area contributed by atoms with Gasteiger partial charge in [-0.05, 0) is 30.3 Å². The molecule has 0 unspecified atom stereocenters. The molecule has 2 aromatic heterocycles. The number of aliphatic imine (C=N–C) groups is 1. The van der Waals surface area contributed by atoms with E-state index in [1.165, 1.54) is 18.4 Å². The first-order valence-electron chi connectivity index (χ1n) is 7.50. The summed E-state index contributed by atoms with van der Waals surface area (Å²) >= 11 is 5.75. The molecule has 0 aliphatic carbocycles. The number of carbonyl (C=O) groups excluding carboxylic acids is 1. The molecule has 3 rings (SSSR count). The largest absolute Gasteiger partial charge is 0.545 e. The van der Waals surface area contributed by atoms with Gasteiger partial charge < -0.3 is 19.4 Å². The van der Waals surface area contributed by atoms with Gasteiger partial charge in [0.05, 0.1) is 24.5 Å². The van der Waals surface area contributed by atoms with Crippen molar-refractivity contribution >= 4 is 29.5 Å². The van der Waals surface area contributed by atoms with Crippen LogP contribution < -0.4 is 16.4 Å². The highest BCUT2D eigenvalue weighted by Crippen LogP contribution is 2.22. The third kappa shape index (κ3) is 3.82. The van der Waals surface area contributed by atoms with Gasteiger partial charge in [-0.1, -0.05) is 11.6 Å². The molecule has 3 aromatic rings. The average molecular weight is 389 g/mol. The molecule has 0 saturated heterocycles. The molecule has 1 aromatic carbocycles.